The molecule has 0 aromatic carbocycles. The molecule has 0 spiro atoms. The van der Waals surface area contributed by atoms with Crippen molar-refractivity contribution in [2.75, 3.05) is 0 Å². The van der Waals surface area contributed by atoms with Gasteiger partial charge in [0.2, 0.25) is 0 Å². The van der Waals surface area contributed by atoms with Gasteiger partial charge in [-0.2, -0.15) is 0 Å². The predicted octanol–water partition coefficient (Wildman–Crippen LogP) is 3.12. The Balaban J connectivity index is 2.28. The van der Waals surface area contributed by atoms with Crippen molar-refractivity contribution in [1.29, 1.82) is 0 Å². The van der Waals surface area contributed by atoms with E-state index in [1.807, 2.05) is 0 Å². The molecule has 0 saturated heterocycles. The Morgan fingerprint density at radius 2 is 2.15 bits per heavy atom. The molecule has 0 aromatic rings. The van der Waals surface area contributed by atoms with E-state index in [4.69, 9.17) is 5.21 Å². The summed E-state index contributed by atoms with van der Waals surface area (Å²) in [6.07, 6.45) is 9.41. The number of oxime groups is 1. The van der Waals surface area contributed by atoms with Crippen molar-refractivity contribution in [2.24, 2.45) is 10.6 Å². The number of hydrogen-bond donors (Lipinski definition) is 1. The fraction of sp³-hybridized carbons (Fsp3) is 0.727. The molecule has 1 atom stereocenters. The van der Waals surface area contributed by atoms with Crippen LogP contribution in [-0.2, 0) is 0 Å². The second-order valence-electron chi connectivity index (χ2n) is 4.53. The summed E-state index contributed by atoms with van der Waals surface area (Å²) in [4.78, 5) is 0. The fourth-order valence-corrected chi connectivity index (χ4v) is 2.58. The van der Waals surface area contributed by atoms with Crippen LogP contribution in [0.1, 0.15) is 45.4 Å². The Kier molecular flexibility index (Phi) is 2.14. The number of allylic oxidation sites excluding steroid dienone is 2. The van der Waals surface area contributed by atoms with Crippen LogP contribution in [0.2, 0.25) is 0 Å². The normalized spacial score (nSPS) is 37.0. The van der Waals surface area contributed by atoms with E-state index in [2.05, 4.69) is 18.2 Å². The zero-order chi connectivity index (χ0) is 9.31. The summed E-state index contributed by atoms with van der Waals surface area (Å²) in [7, 11) is 0. The van der Waals surface area contributed by atoms with Gasteiger partial charge < -0.3 is 5.21 Å². The molecule has 2 nitrogen and oxygen atoms in total. The highest BCUT2D eigenvalue weighted by atomic mass is 16.4. The van der Waals surface area contributed by atoms with Gasteiger partial charge in [-0.3, -0.25) is 0 Å². The maximum absolute atomic E-state index is 8.71. The first kappa shape index (κ1) is 8.79. The third kappa shape index (κ3) is 1.50. The lowest BCUT2D eigenvalue weighted by Gasteiger charge is -2.39. The molecule has 0 amide bonds. The van der Waals surface area contributed by atoms with E-state index in [0.29, 0.717) is 5.41 Å². The molecule has 1 N–H and O–H groups in total. The van der Waals surface area contributed by atoms with Crippen molar-refractivity contribution in [3.63, 3.8) is 0 Å². The van der Waals surface area contributed by atoms with Gasteiger partial charge in [-0.25, -0.2) is 0 Å². The minimum absolute atomic E-state index is 0.423. The van der Waals surface area contributed by atoms with Gasteiger partial charge in [-0.15, -0.1) is 0 Å². The first-order valence-corrected chi connectivity index (χ1v) is 5.17. The Bertz CT molecular complexity index is 267. The smallest absolute Gasteiger partial charge is 0.0795 e. The second kappa shape index (κ2) is 3.17. The van der Waals surface area contributed by atoms with E-state index in [-0.39, 0.29) is 0 Å². The Morgan fingerprint density at radius 1 is 1.31 bits per heavy atom. The number of nitrogens with zero attached hydrogens (tertiary/aromatic N) is 1. The van der Waals surface area contributed by atoms with Crippen molar-refractivity contribution in [1.82, 2.24) is 0 Å². The molecule has 0 radical (unpaired) electrons. The minimum Gasteiger partial charge on any atom is -0.411 e. The summed E-state index contributed by atoms with van der Waals surface area (Å²) in [5, 5.41) is 12.0. The van der Waals surface area contributed by atoms with E-state index in [1.165, 1.54) is 31.3 Å². The zero-order valence-corrected chi connectivity index (χ0v) is 8.21. The summed E-state index contributed by atoms with van der Waals surface area (Å²) < 4.78 is 0. The van der Waals surface area contributed by atoms with Crippen LogP contribution < -0.4 is 0 Å². The average Bonchev–Trinajstić information content (AvgIpc) is 2.16. The lowest BCUT2D eigenvalue weighted by Crippen LogP contribution is -2.28. The molecule has 2 aliphatic rings. The van der Waals surface area contributed by atoms with Gasteiger partial charge in [0, 0.05) is 0 Å². The maximum atomic E-state index is 8.71. The Morgan fingerprint density at radius 3 is 2.92 bits per heavy atom. The van der Waals surface area contributed by atoms with Crippen LogP contribution in [0.4, 0.5) is 0 Å². The minimum atomic E-state index is 0.423. The number of hydrogen-bond acceptors (Lipinski definition) is 2. The number of rotatable bonds is 0. The molecule has 2 rings (SSSR count). The largest absolute Gasteiger partial charge is 0.411 e. The Hall–Kier alpha value is -0.790. The molecular weight excluding hydrogens is 162 g/mol. The molecule has 0 aliphatic heterocycles. The molecule has 72 valence electrons. The first-order valence-electron chi connectivity index (χ1n) is 5.17. The lowest BCUT2D eigenvalue weighted by molar-refractivity contribution is 0.275. The standard InChI is InChI=1S/C11H17NO/c1-11-6-3-2-4-9(11)8-10(12-13)5-7-11/h8,13H,2-7H2,1H3/b12-10+/t11-/m0/s1. The summed E-state index contributed by atoms with van der Waals surface area (Å²) in [5.41, 5.74) is 2.80. The summed E-state index contributed by atoms with van der Waals surface area (Å²) in [6.45, 7) is 2.35. The van der Waals surface area contributed by atoms with Crippen molar-refractivity contribution in [3.8, 4) is 0 Å². The molecule has 1 saturated carbocycles. The molecule has 2 heteroatoms. The fourth-order valence-electron chi connectivity index (χ4n) is 2.58. The van der Waals surface area contributed by atoms with Gasteiger partial charge in [0.15, 0.2) is 0 Å². The quantitative estimate of drug-likeness (QED) is 0.449. The van der Waals surface area contributed by atoms with Crippen LogP contribution in [0, 0.1) is 5.41 Å². The highest BCUT2D eigenvalue weighted by Gasteiger charge is 2.34. The molecule has 0 heterocycles. The maximum Gasteiger partial charge on any atom is 0.0795 e. The topological polar surface area (TPSA) is 32.6 Å². The van der Waals surface area contributed by atoms with Gasteiger partial charge in [0.05, 0.1) is 5.71 Å². The summed E-state index contributed by atoms with van der Waals surface area (Å²) in [6, 6.07) is 0. The van der Waals surface area contributed by atoms with Crippen LogP contribution >= 0.6 is 0 Å². The molecule has 1 fully saturated rings. The predicted molar refractivity (Wildman–Crippen MR) is 53.1 cm³/mol. The van der Waals surface area contributed by atoms with Gasteiger partial charge in [-0.1, -0.05) is 24.1 Å². The van der Waals surface area contributed by atoms with Crippen molar-refractivity contribution < 1.29 is 5.21 Å². The van der Waals surface area contributed by atoms with Crippen LogP contribution in [0.15, 0.2) is 16.8 Å². The van der Waals surface area contributed by atoms with Crippen molar-refractivity contribution in [2.45, 2.75) is 45.4 Å². The van der Waals surface area contributed by atoms with Gasteiger partial charge >= 0.3 is 0 Å². The molecule has 0 unspecified atom stereocenters. The SMILES string of the molecule is C[C@@]12CCCCC1=C/C(=N/O)CC2. The molecular formula is C11H17NO. The van der Waals surface area contributed by atoms with Gasteiger partial charge in [-0.05, 0) is 43.6 Å². The van der Waals surface area contributed by atoms with E-state index >= 15 is 0 Å². The summed E-state index contributed by atoms with van der Waals surface area (Å²) in [5.74, 6) is 0. The van der Waals surface area contributed by atoms with E-state index in [0.717, 1.165) is 18.6 Å². The third-order valence-electron chi connectivity index (χ3n) is 3.60. The highest BCUT2D eigenvalue weighted by molar-refractivity contribution is 5.96. The molecule has 0 bridgehead atoms. The summed E-state index contributed by atoms with van der Waals surface area (Å²) >= 11 is 0. The molecule has 0 aromatic heterocycles. The van der Waals surface area contributed by atoms with Gasteiger partial charge in [0.1, 0.15) is 0 Å². The van der Waals surface area contributed by atoms with Crippen LogP contribution in [0.3, 0.4) is 0 Å². The monoisotopic (exact) mass is 179 g/mol. The average molecular weight is 179 g/mol. The molecule has 13 heavy (non-hydrogen) atoms. The zero-order valence-electron chi connectivity index (χ0n) is 8.21. The highest BCUT2D eigenvalue weighted by Crippen LogP contribution is 2.46. The van der Waals surface area contributed by atoms with Crippen LogP contribution in [-0.4, -0.2) is 10.9 Å². The van der Waals surface area contributed by atoms with E-state index in [1.54, 1.807) is 0 Å². The number of fused-ring (bicyclic) bond motifs is 1. The van der Waals surface area contributed by atoms with Crippen molar-refractivity contribution in [3.05, 3.63) is 11.6 Å². The van der Waals surface area contributed by atoms with Crippen LogP contribution in [0.25, 0.3) is 0 Å². The molecule has 2 aliphatic carbocycles. The van der Waals surface area contributed by atoms with E-state index in [9.17, 15) is 0 Å². The van der Waals surface area contributed by atoms with E-state index < -0.39 is 0 Å². The second-order valence-corrected chi connectivity index (χ2v) is 4.53. The Labute approximate surface area is 79.3 Å². The third-order valence-corrected chi connectivity index (χ3v) is 3.60. The first-order chi connectivity index (χ1) is 6.24. The lowest BCUT2D eigenvalue weighted by atomic mass is 9.66. The van der Waals surface area contributed by atoms with Crippen LogP contribution in [0.5, 0.6) is 0 Å². The van der Waals surface area contributed by atoms with Crippen molar-refractivity contribution >= 4 is 5.71 Å². The van der Waals surface area contributed by atoms with Gasteiger partial charge in [0.25, 0.3) is 0 Å².